The van der Waals surface area contributed by atoms with Crippen LogP contribution >= 0.6 is 0 Å². The summed E-state index contributed by atoms with van der Waals surface area (Å²) in [4.78, 5) is 26.3. The summed E-state index contributed by atoms with van der Waals surface area (Å²) in [5.41, 5.74) is 7.07. The van der Waals surface area contributed by atoms with E-state index in [1.165, 1.54) is 27.2 Å². The van der Waals surface area contributed by atoms with Crippen molar-refractivity contribution >= 4 is 11.9 Å². The summed E-state index contributed by atoms with van der Waals surface area (Å²) >= 11 is 0. The van der Waals surface area contributed by atoms with Gasteiger partial charge in [0.15, 0.2) is 46.0 Å². The molecule has 1 aliphatic rings. The molecule has 0 saturated carbocycles. The Bertz CT molecular complexity index is 2170. The first-order valence-electron chi connectivity index (χ1n) is 21.8. The maximum atomic E-state index is 12.5. The number of quaternary nitrogens is 2. The lowest BCUT2D eigenvalue weighted by molar-refractivity contribution is -0.934. The fraction of sp³-hybridized carbons (Fsp3) is 0.440. The number of rotatable bonds is 26. The minimum Gasteiger partial charge on any atom is -0.493 e. The molecule has 0 bridgehead atoms. The second-order valence-corrected chi connectivity index (χ2v) is 15.4. The van der Waals surface area contributed by atoms with E-state index in [0.29, 0.717) is 58.8 Å². The zero-order valence-corrected chi connectivity index (χ0v) is 38.7. The van der Waals surface area contributed by atoms with Crippen LogP contribution < -0.4 is 48.1 Å². The molecule has 1 unspecified atom stereocenters. The molecule has 2 atom stereocenters. The molecule has 3 N–H and O–H groups in total. The van der Waals surface area contributed by atoms with Gasteiger partial charge in [0.25, 0.3) is 0 Å². The van der Waals surface area contributed by atoms with Crippen molar-refractivity contribution in [2.45, 2.75) is 51.0 Å². The van der Waals surface area contributed by atoms with Crippen LogP contribution in [0.5, 0.6) is 46.0 Å². The van der Waals surface area contributed by atoms with Crippen LogP contribution in [0, 0.1) is 0 Å². The van der Waals surface area contributed by atoms with E-state index in [4.69, 9.17) is 47.4 Å². The number of ether oxygens (including phenoxy) is 10. The molecule has 5 rings (SSSR count). The van der Waals surface area contributed by atoms with Crippen LogP contribution in [-0.2, 0) is 51.2 Å². The molecular weight excluding hydrogens is 821 g/mol. The van der Waals surface area contributed by atoms with E-state index in [1.807, 2.05) is 24.3 Å². The molecule has 0 aliphatic carbocycles. The second kappa shape index (κ2) is 25.2. The van der Waals surface area contributed by atoms with Crippen LogP contribution in [0.2, 0.25) is 0 Å². The van der Waals surface area contributed by atoms with Gasteiger partial charge in [-0.2, -0.15) is 0 Å². The molecule has 14 nitrogen and oxygen atoms in total. The van der Waals surface area contributed by atoms with Gasteiger partial charge in [0.1, 0.15) is 6.04 Å². The van der Waals surface area contributed by atoms with E-state index in [2.05, 4.69) is 41.7 Å². The second-order valence-electron chi connectivity index (χ2n) is 15.4. The average Bonchev–Trinajstić information content (AvgIpc) is 3.33. The molecule has 0 fully saturated rings. The van der Waals surface area contributed by atoms with E-state index in [-0.39, 0.29) is 19.3 Å². The first kappa shape index (κ1) is 48.9. The van der Waals surface area contributed by atoms with E-state index >= 15 is 0 Å². The standard InChI is InChI=1S/C50H64N2O12/c1-55-41-15-12-34(28-43(41)57-3)11-14-36-30-45(59-5)46(60-6)31-37(36)19-22-51-21-9-25-63-49(53)17-18-50(54)64-26-10-23-52-24-20-38-32-47(61-7)48(62-8)33-39(38)40(52)27-35-13-16-42(56-2)44(29-35)58-4/h12-13,15-18,28-33,40,51H,9-11,14,19-27H2,1-8H3/p+2/b18-17-/t40-/m1/s1. The number of carbonyl (C=O) groups is 2. The van der Waals surface area contributed by atoms with Gasteiger partial charge in [0.2, 0.25) is 0 Å². The predicted molar refractivity (Wildman–Crippen MR) is 242 cm³/mol. The number of nitrogens with two attached hydrogens (primary N) is 1. The summed E-state index contributed by atoms with van der Waals surface area (Å²) in [6.07, 6.45) is 7.65. The van der Waals surface area contributed by atoms with Gasteiger partial charge in [-0.3, -0.25) is 0 Å². The Labute approximate surface area is 377 Å². The van der Waals surface area contributed by atoms with Gasteiger partial charge in [-0.15, -0.1) is 0 Å². The van der Waals surface area contributed by atoms with Crippen LogP contribution in [0.4, 0.5) is 0 Å². The van der Waals surface area contributed by atoms with Crippen LogP contribution in [0.3, 0.4) is 0 Å². The molecule has 0 radical (unpaired) electrons. The molecule has 4 aromatic rings. The molecule has 0 amide bonds. The molecule has 1 heterocycles. The Morgan fingerprint density at radius 3 is 1.66 bits per heavy atom. The predicted octanol–water partition coefficient (Wildman–Crippen LogP) is 4.49. The molecule has 0 aromatic heterocycles. The van der Waals surface area contributed by atoms with Crippen molar-refractivity contribution in [3.8, 4) is 46.0 Å². The van der Waals surface area contributed by atoms with Crippen molar-refractivity contribution in [1.82, 2.24) is 0 Å². The number of hydrogen-bond acceptors (Lipinski definition) is 12. The monoisotopic (exact) mass is 886 g/mol. The minimum absolute atomic E-state index is 0.113. The zero-order valence-electron chi connectivity index (χ0n) is 38.7. The van der Waals surface area contributed by atoms with Crippen molar-refractivity contribution in [2.75, 3.05) is 96.3 Å². The third-order valence-corrected chi connectivity index (χ3v) is 11.6. The number of fused-ring (bicyclic) bond motifs is 1. The lowest BCUT2D eigenvalue weighted by Gasteiger charge is -2.35. The molecular formula is C50H66N2O12+2. The largest absolute Gasteiger partial charge is 0.493 e. The van der Waals surface area contributed by atoms with Crippen molar-refractivity contribution in [2.24, 2.45) is 0 Å². The zero-order chi connectivity index (χ0) is 45.8. The maximum Gasteiger partial charge on any atom is 0.331 e. The van der Waals surface area contributed by atoms with Gasteiger partial charge in [0.05, 0.1) is 96.3 Å². The quantitative estimate of drug-likeness (QED) is 0.0521. The fourth-order valence-electron chi connectivity index (χ4n) is 8.21. The Balaban J connectivity index is 1.04. The Hall–Kier alpha value is -6.12. The van der Waals surface area contributed by atoms with Crippen molar-refractivity contribution in [1.29, 1.82) is 0 Å². The van der Waals surface area contributed by atoms with Crippen LogP contribution in [0.15, 0.2) is 72.8 Å². The van der Waals surface area contributed by atoms with Crippen LogP contribution in [-0.4, -0.2) is 108 Å². The molecule has 4 aromatic carbocycles. The van der Waals surface area contributed by atoms with Gasteiger partial charge in [0, 0.05) is 49.8 Å². The minimum atomic E-state index is -0.582. The Kier molecular flexibility index (Phi) is 19.3. The highest BCUT2D eigenvalue weighted by Gasteiger charge is 2.33. The van der Waals surface area contributed by atoms with Crippen LogP contribution in [0.1, 0.15) is 52.3 Å². The Morgan fingerprint density at radius 2 is 1.06 bits per heavy atom. The van der Waals surface area contributed by atoms with Gasteiger partial charge >= 0.3 is 11.9 Å². The lowest BCUT2D eigenvalue weighted by Crippen LogP contribution is -3.13. The SMILES string of the molecule is COc1ccc(CCc2cc(OC)c(OC)cc2CC[NH2+]CCCOC(=O)/C=C\C(=O)OCCC[NH+]2CCc3cc(OC)c(OC)cc3[C@H]2Cc2ccc(OC)c(OC)c2)cc1OC. The number of benzene rings is 4. The number of hydrogen-bond donors (Lipinski definition) is 2. The van der Waals surface area contributed by atoms with E-state index in [1.54, 1.807) is 56.9 Å². The molecule has 346 valence electrons. The number of methoxy groups -OCH3 is 8. The number of nitrogens with one attached hydrogen (secondary N) is 1. The van der Waals surface area contributed by atoms with Gasteiger partial charge in [-0.05, 0) is 89.2 Å². The average molecular weight is 887 g/mol. The highest BCUT2D eigenvalue weighted by molar-refractivity contribution is 5.91. The summed E-state index contributed by atoms with van der Waals surface area (Å²) in [6.45, 7) is 3.76. The van der Waals surface area contributed by atoms with Crippen LogP contribution in [0.25, 0.3) is 0 Å². The smallest absolute Gasteiger partial charge is 0.331 e. The lowest BCUT2D eigenvalue weighted by atomic mass is 9.88. The van der Waals surface area contributed by atoms with E-state index in [0.717, 1.165) is 81.6 Å². The molecule has 0 spiro atoms. The topological polar surface area (TPSA) is 147 Å². The van der Waals surface area contributed by atoms with Crippen molar-refractivity contribution < 1.29 is 67.2 Å². The molecule has 0 saturated heterocycles. The summed E-state index contributed by atoms with van der Waals surface area (Å²) in [6, 6.07) is 20.4. The first-order chi connectivity index (χ1) is 31.2. The summed E-state index contributed by atoms with van der Waals surface area (Å²) in [5, 5.41) is 2.20. The Morgan fingerprint density at radius 1 is 0.562 bits per heavy atom. The third-order valence-electron chi connectivity index (χ3n) is 11.6. The first-order valence-corrected chi connectivity index (χ1v) is 21.8. The molecule has 64 heavy (non-hydrogen) atoms. The van der Waals surface area contributed by atoms with Crippen molar-refractivity contribution in [3.63, 3.8) is 0 Å². The summed E-state index contributed by atoms with van der Waals surface area (Å²) in [7, 11) is 13.1. The third kappa shape index (κ3) is 13.4. The fourth-order valence-corrected chi connectivity index (χ4v) is 8.21. The van der Waals surface area contributed by atoms with Crippen molar-refractivity contribution in [3.05, 3.63) is 106 Å². The highest BCUT2D eigenvalue weighted by atomic mass is 16.5. The number of esters is 2. The number of aryl methyl sites for hydroxylation is 2. The van der Waals surface area contributed by atoms with E-state index < -0.39 is 11.9 Å². The maximum absolute atomic E-state index is 12.5. The number of carbonyl (C=O) groups excluding carboxylic acids is 2. The van der Waals surface area contributed by atoms with E-state index in [9.17, 15) is 9.59 Å². The highest BCUT2D eigenvalue weighted by Crippen LogP contribution is 2.37. The van der Waals surface area contributed by atoms with Gasteiger partial charge in [-0.1, -0.05) is 12.1 Å². The molecule has 14 heteroatoms. The molecule has 1 aliphatic heterocycles. The normalized spacial score (nSPS) is 14.3. The summed E-state index contributed by atoms with van der Waals surface area (Å²) in [5.74, 6) is 4.40. The van der Waals surface area contributed by atoms with Gasteiger partial charge < -0.3 is 57.6 Å². The summed E-state index contributed by atoms with van der Waals surface area (Å²) < 4.78 is 55.3. The van der Waals surface area contributed by atoms with Gasteiger partial charge in [-0.25, -0.2) is 9.59 Å².